The van der Waals surface area contributed by atoms with Crippen molar-refractivity contribution in [3.63, 3.8) is 0 Å². The number of halogens is 1. The molecular formula is C14H18ClN3O3. The van der Waals surface area contributed by atoms with E-state index in [9.17, 15) is 14.9 Å². The van der Waals surface area contributed by atoms with E-state index in [-0.39, 0.29) is 22.4 Å². The van der Waals surface area contributed by atoms with Crippen LogP contribution in [0.3, 0.4) is 0 Å². The van der Waals surface area contributed by atoms with Crippen LogP contribution in [0.1, 0.15) is 49.4 Å². The Morgan fingerprint density at radius 2 is 2.14 bits per heavy atom. The zero-order valence-corrected chi connectivity index (χ0v) is 12.6. The highest BCUT2D eigenvalue weighted by Crippen LogP contribution is 2.27. The number of pyridine rings is 1. The van der Waals surface area contributed by atoms with Crippen molar-refractivity contribution in [1.82, 2.24) is 10.3 Å². The second-order valence-electron chi connectivity index (χ2n) is 5.44. The van der Waals surface area contributed by atoms with Crippen LogP contribution in [0, 0.1) is 16.0 Å². The van der Waals surface area contributed by atoms with Crippen molar-refractivity contribution >= 4 is 23.2 Å². The highest BCUT2D eigenvalue weighted by atomic mass is 35.5. The summed E-state index contributed by atoms with van der Waals surface area (Å²) in [5.74, 6) is -0.0388. The number of carbonyl (C=O) groups is 1. The van der Waals surface area contributed by atoms with Gasteiger partial charge in [-0.1, -0.05) is 30.9 Å². The highest BCUT2D eigenvalue weighted by molar-refractivity contribution is 6.29. The molecule has 0 spiro atoms. The lowest BCUT2D eigenvalue weighted by Crippen LogP contribution is -2.39. The summed E-state index contributed by atoms with van der Waals surface area (Å²) in [7, 11) is 0. The molecule has 0 saturated heterocycles. The Morgan fingerprint density at radius 1 is 1.48 bits per heavy atom. The smallest absolute Gasteiger partial charge is 0.300 e. The van der Waals surface area contributed by atoms with Gasteiger partial charge in [-0.3, -0.25) is 14.9 Å². The number of aromatic nitrogens is 1. The lowest BCUT2D eigenvalue weighted by Gasteiger charge is -2.28. The summed E-state index contributed by atoms with van der Waals surface area (Å²) in [6.07, 6.45) is 6.77. The molecule has 1 fully saturated rings. The largest absolute Gasteiger partial charge is 0.349 e. The van der Waals surface area contributed by atoms with Gasteiger partial charge in [-0.2, -0.15) is 0 Å². The summed E-state index contributed by atoms with van der Waals surface area (Å²) < 4.78 is 0. The summed E-state index contributed by atoms with van der Waals surface area (Å²) in [6, 6.07) is 1.23. The molecule has 1 aliphatic rings. The van der Waals surface area contributed by atoms with Crippen molar-refractivity contribution < 1.29 is 9.72 Å². The average molecular weight is 312 g/mol. The molecule has 1 aromatic heterocycles. The second-order valence-corrected chi connectivity index (χ2v) is 5.83. The Bertz CT molecular complexity index is 544. The van der Waals surface area contributed by atoms with Crippen LogP contribution < -0.4 is 5.32 Å². The molecule has 0 bridgehead atoms. The van der Waals surface area contributed by atoms with Gasteiger partial charge in [0, 0.05) is 6.04 Å². The van der Waals surface area contributed by atoms with Crippen molar-refractivity contribution in [2.45, 2.75) is 45.1 Å². The summed E-state index contributed by atoms with van der Waals surface area (Å²) in [5, 5.41) is 13.9. The van der Waals surface area contributed by atoms with E-state index in [0.29, 0.717) is 5.92 Å². The van der Waals surface area contributed by atoms with E-state index in [2.05, 4.69) is 10.3 Å². The molecule has 7 heteroatoms. The fourth-order valence-electron chi connectivity index (χ4n) is 2.79. The van der Waals surface area contributed by atoms with Crippen LogP contribution in [0.4, 0.5) is 5.69 Å². The Kier molecular flexibility index (Phi) is 5.12. The van der Waals surface area contributed by atoms with Crippen LogP contribution in [0.5, 0.6) is 0 Å². The van der Waals surface area contributed by atoms with Crippen LogP contribution in [0.25, 0.3) is 0 Å². The molecule has 1 aliphatic carbocycles. The maximum Gasteiger partial charge on any atom is 0.300 e. The molecule has 1 N–H and O–H groups in total. The molecule has 1 amide bonds. The van der Waals surface area contributed by atoms with Gasteiger partial charge >= 0.3 is 0 Å². The van der Waals surface area contributed by atoms with Gasteiger partial charge in [-0.25, -0.2) is 4.98 Å². The van der Waals surface area contributed by atoms with E-state index in [1.54, 1.807) is 0 Å². The maximum atomic E-state index is 12.3. The van der Waals surface area contributed by atoms with E-state index in [0.717, 1.165) is 19.0 Å². The van der Waals surface area contributed by atoms with Crippen molar-refractivity contribution in [2.24, 2.45) is 5.92 Å². The Labute approximate surface area is 128 Å². The fourth-order valence-corrected chi connectivity index (χ4v) is 2.94. The van der Waals surface area contributed by atoms with Gasteiger partial charge in [0.1, 0.15) is 16.9 Å². The predicted molar refractivity (Wildman–Crippen MR) is 79.4 cm³/mol. The number of nitrogens with zero attached hydrogens (tertiary/aromatic N) is 2. The number of rotatable bonds is 4. The summed E-state index contributed by atoms with van der Waals surface area (Å²) in [4.78, 5) is 26.3. The predicted octanol–water partition coefficient (Wildman–Crippen LogP) is 3.34. The molecule has 1 atom stereocenters. The third kappa shape index (κ3) is 3.91. The Morgan fingerprint density at radius 3 is 2.76 bits per heavy atom. The number of hydrogen-bond donors (Lipinski definition) is 1. The first-order chi connectivity index (χ1) is 9.99. The molecule has 1 unspecified atom stereocenters. The van der Waals surface area contributed by atoms with Gasteiger partial charge in [-0.15, -0.1) is 0 Å². The molecular weight excluding hydrogens is 294 g/mol. The van der Waals surface area contributed by atoms with Gasteiger partial charge in [0.25, 0.3) is 11.6 Å². The van der Waals surface area contributed by atoms with Crippen LogP contribution in [-0.2, 0) is 0 Å². The molecule has 0 radical (unpaired) electrons. The van der Waals surface area contributed by atoms with Gasteiger partial charge in [0.05, 0.1) is 4.92 Å². The van der Waals surface area contributed by atoms with E-state index in [1.165, 1.54) is 25.3 Å². The number of nitrogens with one attached hydrogen (secondary N) is 1. The molecule has 2 rings (SSSR count). The van der Waals surface area contributed by atoms with Gasteiger partial charge < -0.3 is 5.32 Å². The molecule has 0 aromatic carbocycles. The summed E-state index contributed by atoms with van der Waals surface area (Å²) >= 11 is 5.74. The van der Waals surface area contributed by atoms with Crippen molar-refractivity contribution in [2.75, 3.05) is 0 Å². The minimum absolute atomic E-state index is 0.00987. The lowest BCUT2D eigenvalue weighted by molar-refractivity contribution is -0.385. The minimum atomic E-state index is -0.622. The van der Waals surface area contributed by atoms with Crippen molar-refractivity contribution in [3.05, 3.63) is 33.1 Å². The third-order valence-electron chi connectivity index (χ3n) is 4.01. The molecule has 1 heterocycles. The molecule has 114 valence electrons. The number of amides is 1. The number of nitro groups is 1. The second kappa shape index (κ2) is 6.85. The topological polar surface area (TPSA) is 85.1 Å². The SMILES string of the molecule is CC(NC(=O)c1cc(Cl)ncc1[N+](=O)[O-])C1CCCCC1. The van der Waals surface area contributed by atoms with E-state index < -0.39 is 10.8 Å². The average Bonchev–Trinajstić information content (AvgIpc) is 2.47. The first-order valence-corrected chi connectivity index (χ1v) is 7.47. The van der Waals surface area contributed by atoms with Gasteiger partial charge in [0.2, 0.25) is 0 Å². The summed E-state index contributed by atoms with van der Waals surface area (Å²) in [6.45, 7) is 1.95. The fraction of sp³-hybridized carbons (Fsp3) is 0.571. The zero-order chi connectivity index (χ0) is 15.4. The minimum Gasteiger partial charge on any atom is -0.349 e. The number of hydrogen-bond acceptors (Lipinski definition) is 4. The van der Waals surface area contributed by atoms with Crippen LogP contribution >= 0.6 is 11.6 Å². The monoisotopic (exact) mass is 311 g/mol. The van der Waals surface area contributed by atoms with E-state index >= 15 is 0 Å². The summed E-state index contributed by atoms with van der Waals surface area (Å²) in [5.41, 5.74) is -0.365. The quantitative estimate of drug-likeness (QED) is 0.525. The van der Waals surface area contributed by atoms with E-state index in [1.807, 2.05) is 6.92 Å². The standard InChI is InChI=1S/C14H18ClN3O3/c1-9(10-5-3-2-4-6-10)17-14(19)11-7-13(15)16-8-12(11)18(20)21/h7-10H,2-6H2,1H3,(H,17,19). The first kappa shape index (κ1) is 15.7. The lowest BCUT2D eigenvalue weighted by atomic mass is 9.84. The van der Waals surface area contributed by atoms with E-state index in [4.69, 9.17) is 11.6 Å². The van der Waals surface area contributed by atoms with Crippen molar-refractivity contribution in [3.8, 4) is 0 Å². The van der Waals surface area contributed by atoms with Crippen molar-refractivity contribution in [1.29, 1.82) is 0 Å². The van der Waals surface area contributed by atoms with Crippen LogP contribution in [0.2, 0.25) is 5.15 Å². The highest BCUT2D eigenvalue weighted by Gasteiger charge is 2.26. The van der Waals surface area contributed by atoms with Crippen LogP contribution in [0.15, 0.2) is 12.3 Å². The molecule has 1 saturated carbocycles. The normalized spacial score (nSPS) is 17.2. The Hall–Kier alpha value is -1.69. The molecule has 21 heavy (non-hydrogen) atoms. The maximum absolute atomic E-state index is 12.3. The zero-order valence-electron chi connectivity index (χ0n) is 11.8. The molecule has 0 aliphatic heterocycles. The third-order valence-corrected chi connectivity index (χ3v) is 4.21. The van der Waals surface area contributed by atoms with Gasteiger partial charge in [-0.05, 0) is 31.7 Å². The van der Waals surface area contributed by atoms with Crippen LogP contribution in [-0.4, -0.2) is 21.9 Å². The first-order valence-electron chi connectivity index (χ1n) is 7.10. The Balaban J connectivity index is 2.12. The number of carbonyl (C=O) groups excluding carboxylic acids is 1. The van der Waals surface area contributed by atoms with Gasteiger partial charge in [0.15, 0.2) is 0 Å². The molecule has 6 nitrogen and oxygen atoms in total. The molecule has 1 aromatic rings.